The van der Waals surface area contributed by atoms with Crippen LogP contribution in [0.4, 0.5) is 0 Å². The van der Waals surface area contributed by atoms with Crippen molar-refractivity contribution >= 4 is 15.0 Å². The summed E-state index contributed by atoms with van der Waals surface area (Å²) in [5.74, 6) is 0. The van der Waals surface area contributed by atoms with E-state index in [1.165, 1.54) is 17.5 Å². The molecule has 1 heteroatoms. The van der Waals surface area contributed by atoms with Crippen molar-refractivity contribution in [2.75, 3.05) is 0 Å². The third-order valence-electron chi connectivity index (χ3n) is 4.06. The second-order valence-corrected chi connectivity index (χ2v) is 8.26. The molecule has 17 heavy (non-hydrogen) atoms. The quantitative estimate of drug-likeness (QED) is 0.546. The normalized spacial score (nSPS) is 24.8. The van der Waals surface area contributed by atoms with Gasteiger partial charge in [-0.05, 0) is 0 Å². The third kappa shape index (κ3) is 2.05. The molecule has 0 aliphatic heterocycles. The van der Waals surface area contributed by atoms with Crippen LogP contribution in [0.5, 0.6) is 0 Å². The van der Waals surface area contributed by atoms with Gasteiger partial charge in [0.15, 0.2) is 0 Å². The predicted octanol–water partition coefficient (Wildman–Crippen LogP) is 3.73. The van der Waals surface area contributed by atoms with E-state index in [0.29, 0.717) is 19.8 Å². The summed E-state index contributed by atoms with van der Waals surface area (Å²) in [4.78, 5) is 3.57. The number of rotatable bonds is 1. The Morgan fingerprint density at radius 1 is 1.18 bits per heavy atom. The fourth-order valence-electron chi connectivity index (χ4n) is 2.91. The minimum atomic E-state index is 0.221. The molecule has 0 saturated carbocycles. The van der Waals surface area contributed by atoms with E-state index in [1.807, 2.05) is 0 Å². The van der Waals surface area contributed by atoms with E-state index in [0.717, 1.165) is 0 Å². The Hall–Kier alpha value is -0.701. The molecule has 0 heterocycles. The average Bonchev–Trinajstić information content (AvgIpc) is 2.27. The molecule has 1 aromatic carbocycles. The number of hydrogen-bond acceptors (Lipinski definition) is 0. The van der Waals surface area contributed by atoms with Crippen molar-refractivity contribution in [2.24, 2.45) is 0 Å². The molecule has 1 aliphatic rings. The van der Waals surface area contributed by atoms with E-state index in [9.17, 15) is 0 Å². The SMILES string of the molecule is C#C[Se]C1CC(C)(C)c2ccccc2C1(C)C. The molecular weight excluding hydrogens is 271 g/mol. The van der Waals surface area contributed by atoms with Crippen molar-refractivity contribution in [3.05, 3.63) is 35.4 Å². The molecule has 1 atom stereocenters. The first-order valence-electron chi connectivity index (χ1n) is 6.11. The summed E-state index contributed by atoms with van der Waals surface area (Å²) in [5, 5.41) is 0. The van der Waals surface area contributed by atoms with Gasteiger partial charge in [-0.3, -0.25) is 0 Å². The molecule has 0 N–H and O–H groups in total. The second kappa shape index (κ2) is 4.20. The van der Waals surface area contributed by atoms with Crippen molar-refractivity contribution in [1.82, 2.24) is 0 Å². The van der Waals surface area contributed by atoms with Gasteiger partial charge in [-0.15, -0.1) is 0 Å². The number of fused-ring (bicyclic) bond motifs is 1. The average molecular weight is 291 g/mol. The van der Waals surface area contributed by atoms with Crippen LogP contribution in [0.3, 0.4) is 0 Å². The van der Waals surface area contributed by atoms with Gasteiger partial charge < -0.3 is 0 Å². The summed E-state index contributed by atoms with van der Waals surface area (Å²) in [6.07, 6.45) is 6.78. The zero-order valence-electron chi connectivity index (χ0n) is 11.1. The van der Waals surface area contributed by atoms with Gasteiger partial charge in [-0.1, -0.05) is 0 Å². The number of hydrogen-bond donors (Lipinski definition) is 0. The molecule has 90 valence electrons. The van der Waals surface area contributed by atoms with E-state index in [1.54, 1.807) is 0 Å². The summed E-state index contributed by atoms with van der Waals surface area (Å²) in [6, 6.07) is 8.89. The maximum atomic E-state index is 5.57. The molecule has 0 aromatic heterocycles. The van der Waals surface area contributed by atoms with Crippen molar-refractivity contribution in [3.8, 4) is 11.2 Å². The Labute approximate surface area is 111 Å². The first-order valence-corrected chi connectivity index (χ1v) is 7.95. The topological polar surface area (TPSA) is 0 Å². The molecule has 0 bridgehead atoms. The van der Waals surface area contributed by atoms with Gasteiger partial charge in [0.2, 0.25) is 0 Å². The first-order chi connectivity index (χ1) is 7.89. The van der Waals surface area contributed by atoms with Gasteiger partial charge in [0.1, 0.15) is 0 Å². The molecule has 1 aliphatic carbocycles. The van der Waals surface area contributed by atoms with Crippen LogP contribution in [0, 0.1) is 11.2 Å². The Bertz CT molecular complexity index is 463. The van der Waals surface area contributed by atoms with E-state index in [-0.39, 0.29) is 10.8 Å². The van der Waals surface area contributed by atoms with Gasteiger partial charge in [0.05, 0.1) is 0 Å². The molecule has 0 saturated heterocycles. The molecule has 0 nitrogen and oxygen atoms in total. The van der Waals surface area contributed by atoms with E-state index in [2.05, 4.69) is 56.8 Å². The monoisotopic (exact) mass is 292 g/mol. The Morgan fingerprint density at radius 2 is 1.76 bits per heavy atom. The van der Waals surface area contributed by atoms with Crippen LogP contribution in [0.2, 0.25) is 4.82 Å². The molecule has 1 aromatic rings. The summed E-state index contributed by atoms with van der Waals surface area (Å²) < 4.78 is 0. The Morgan fingerprint density at radius 3 is 2.35 bits per heavy atom. The summed E-state index contributed by atoms with van der Waals surface area (Å²) in [7, 11) is 0. The zero-order valence-corrected chi connectivity index (χ0v) is 12.8. The van der Waals surface area contributed by atoms with E-state index < -0.39 is 0 Å². The standard InChI is InChI=1S/C16H20Se/c1-6-17-14-11-15(2,3)12-9-7-8-10-13(12)16(14,4)5/h1,7-10,14H,11H2,2-5H3. The van der Waals surface area contributed by atoms with Crippen LogP contribution in [-0.4, -0.2) is 15.0 Å². The fourth-order valence-corrected chi connectivity index (χ4v) is 5.19. The number of terminal acetylenes is 1. The molecule has 2 rings (SSSR count). The fraction of sp³-hybridized carbons (Fsp3) is 0.500. The van der Waals surface area contributed by atoms with Crippen LogP contribution in [0.15, 0.2) is 24.3 Å². The molecular formula is C16H20Se. The van der Waals surface area contributed by atoms with Crippen LogP contribution in [-0.2, 0) is 10.8 Å². The van der Waals surface area contributed by atoms with Crippen molar-refractivity contribution in [1.29, 1.82) is 0 Å². The Kier molecular flexibility index (Phi) is 3.15. The molecule has 0 radical (unpaired) electrons. The van der Waals surface area contributed by atoms with Crippen molar-refractivity contribution in [3.63, 3.8) is 0 Å². The van der Waals surface area contributed by atoms with Crippen molar-refractivity contribution in [2.45, 2.75) is 49.8 Å². The minimum absolute atomic E-state index is 0.221. The third-order valence-corrected chi connectivity index (χ3v) is 6.53. The maximum absolute atomic E-state index is 5.57. The van der Waals surface area contributed by atoms with Gasteiger partial charge in [0, 0.05) is 0 Å². The van der Waals surface area contributed by atoms with Crippen LogP contribution >= 0.6 is 0 Å². The molecule has 1 unspecified atom stereocenters. The summed E-state index contributed by atoms with van der Waals surface area (Å²) >= 11 is 0.300. The zero-order chi connectivity index (χ0) is 12.7. The predicted molar refractivity (Wildman–Crippen MR) is 75.4 cm³/mol. The van der Waals surface area contributed by atoms with Gasteiger partial charge in [-0.2, -0.15) is 0 Å². The molecule has 0 spiro atoms. The second-order valence-electron chi connectivity index (χ2n) is 6.08. The van der Waals surface area contributed by atoms with Gasteiger partial charge >= 0.3 is 111 Å². The van der Waals surface area contributed by atoms with Crippen LogP contribution < -0.4 is 0 Å². The van der Waals surface area contributed by atoms with Gasteiger partial charge in [0.25, 0.3) is 0 Å². The van der Waals surface area contributed by atoms with Crippen molar-refractivity contribution < 1.29 is 0 Å². The van der Waals surface area contributed by atoms with E-state index in [4.69, 9.17) is 6.42 Å². The number of benzene rings is 1. The van der Waals surface area contributed by atoms with E-state index >= 15 is 0 Å². The molecule has 0 fully saturated rings. The molecule has 0 amide bonds. The van der Waals surface area contributed by atoms with Crippen LogP contribution in [0.25, 0.3) is 0 Å². The summed E-state index contributed by atoms with van der Waals surface area (Å²) in [6.45, 7) is 9.40. The van der Waals surface area contributed by atoms with Gasteiger partial charge in [-0.25, -0.2) is 0 Å². The Balaban J connectivity index is 2.57. The van der Waals surface area contributed by atoms with Crippen LogP contribution in [0.1, 0.15) is 45.2 Å². The first kappa shape index (κ1) is 12.7. The summed E-state index contributed by atoms with van der Waals surface area (Å²) in [5.41, 5.74) is 3.49.